The SMILES string of the molecule is CCCCC(N=O)c1ccc(O)cc1. The molecule has 3 nitrogen and oxygen atoms in total. The van der Waals surface area contributed by atoms with Gasteiger partial charge >= 0.3 is 0 Å². The Kier molecular flexibility index (Phi) is 4.11. The molecule has 14 heavy (non-hydrogen) atoms. The van der Waals surface area contributed by atoms with Crippen molar-refractivity contribution in [1.82, 2.24) is 0 Å². The third kappa shape index (κ3) is 2.83. The largest absolute Gasteiger partial charge is 0.508 e. The van der Waals surface area contributed by atoms with Gasteiger partial charge in [0.1, 0.15) is 11.8 Å². The van der Waals surface area contributed by atoms with Gasteiger partial charge in [0.05, 0.1) is 0 Å². The lowest BCUT2D eigenvalue weighted by molar-refractivity contribution is 0.474. The summed E-state index contributed by atoms with van der Waals surface area (Å²) in [5, 5.41) is 12.2. The molecule has 1 unspecified atom stereocenters. The number of hydrogen-bond donors (Lipinski definition) is 1. The minimum Gasteiger partial charge on any atom is -0.508 e. The van der Waals surface area contributed by atoms with Gasteiger partial charge in [-0.2, -0.15) is 4.91 Å². The maximum Gasteiger partial charge on any atom is 0.117 e. The Morgan fingerprint density at radius 1 is 1.36 bits per heavy atom. The van der Waals surface area contributed by atoms with Crippen LogP contribution in [0.1, 0.15) is 37.8 Å². The van der Waals surface area contributed by atoms with E-state index in [1.807, 2.05) is 0 Å². The second-order valence-corrected chi connectivity index (χ2v) is 3.35. The molecule has 3 heteroatoms. The van der Waals surface area contributed by atoms with Gasteiger partial charge in [0.25, 0.3) is 0 Å². The lowest BCUT2D eigenvalue weighted by Gasteiger charge is -2.08. The average molecular weight is 193 g/mol. The van der Waals surface area contributed by atoms with Gasteiger partial charge in [-0.05, 0) is 24.1 Å². The highest BCUT2D eigenvalue weighted by atomic mass is 16.3. The number of nitrogens with zero attached hydrogens (tertiary/aromatic N) is 1. The van der Waals surface area contributed by atoms with E-state index in [1.165, 1.54) is 0 Å². The number of benzene rings is 1. The summed E-state index contributed by atoms with van der Waals surface area (Å²) in [6.07, 6.45) is 2.84. The Morgan fingerprint density at radius 3 is 2.50 bits per heavy atom. The maximum atomic E-state index is 10.6. The van der Waals surface area contributed by atoms with Crippen molar-refractivity contribution >= 4 is 0 Å². The molecule has 1 aromatic carbocycles. The van der Waals surface area contributed by atoms with Crippen LogP contribution in [0.5, 0.6) is 5.75 Å². The lowest BCUT2D eigenvalue weighted by atomic mass is 10.0. The van der Waals surface area contributed by atoms with Crippen LogP contribution < -0.4 is 0 Å². The first-order valence-electron chi connectivity index (χ1n) is 4.89. The van der Waals surface area contributed by atoms with E-state index >= 15 is 0 Å². The van der Waals surface area contributed by atoms with Crippen molar-refractivity contribution in [1.29, 1.82) is 0 Å². The summed E-state index contributed by atoms with van der Waals surface area (Å²) >= 11 is 0. The first-order valence-corrected chi connectivity index (χ1v) is 4.89. The van der Waals surface area contributed by atoms with Crippen LogP contribution in [-0.4, -0.2) is 5.11 Å². The van der Waals surface area contributed by atoms with Gasteiger partial charge in [-0.3, -0.25) is 0 Å². The van der Waals surface area contributed by atoms with Gasteiger partial charge in [0, 0.05) is 0 Å². The molecular weight excluding hydrogens is 178 g/mol. The summed E-state index contributed by atoms with van der Waals surface area (Å²) in [4.78, 5) is 10.6. The molecule has 0 spiro atoms. The van der Waals surface area contributed by atoms with Gasteiger partial charge in [-0.25, -0.2) is 0 Å². The minimum absolute atomic E-state index is 0.217. The first kappa shape index (κ1) is 10.7. The number of aromatic hydroxyl groups is 1. The molecule has 1 rings (SSSR count). The lowest BCUT2D eigenvalue weighted by Crippen LogP contribution is -1.94. The van der Waals surface area contributed by atoms with Crippen molar-refractivity contribution in [3.8, 4) is 5.75 Å². The van der Waals surface area contributed by atoms with Crippen LogP contribution in [0.15, 0.2) is 29.4 Å². The van der Waals surface area contributed by atoms with Crippen LogP contribution in [-0.2, 0) is 0 Å². The van der Waals surface area contributed by atoms with Crippen molar-refractivity contribution in [2.45, 2.75) is 32.2 Å². The third-order valence-electron chi connectivity index (χ3n) is 2.24. The molecule has 76 valence electrons. The first-order chi connectivity index (χ1) is 6.77. The molecule has 0 radical (unpaired) electrons. The van der Waals surface area contributed by atoms with Crippen LogP contribution >= 0.6 is 0 Å². The summed E-state index contributed by atoms with van der Waals surface area (Å²) in [7, 11) is 0. The van der Waals surface area contributed by atoms with Gasteiger partial charge in [-0.15, -0.1) is 0 Å². The fourth-order valence-electron chi connectivity index (χ4n) is 1.37. The van der Waals surface area contributed by atoms with E-state index in [2.05, 4.69) is 12.1 Å². The highest BCUT2D eigenvalue weighted by Crippen LogP contribution is 2.24. The molecule has 0 aliphatic rings. The normalized spacial score (nSPS) is 12.4. The molecule has 0 aromatic heterocycles. The summed E-state index contributed by atoms with van der Waals surface area (Å²) in [6.45, 7) is 2.08. The highest BCUT2D eigenvalue weighted by Gasteiger charge is 2.10. The Morgan fingerprint density at radius 2 is 2.00 bits per heavy atom. The van der Waals surface area contributed by atoms with Crippen molar-refractivity contribution in [3.63, 3.8) is 0 Å². The van der Waals surface area contributed by atoms with Crippen LogP contribution in [0, 0.1) is 4.91 Å². The topological polar surface area (TPSA) is 49.7 Å². The van der Waals surface area contributed by atoms with Gasteiger partial charge in [0.2, 0.25) is 0 Å². The number of nitroso groups, excluding NO2 is 1. The fourth-order valence-corrected chi connectivity index (χ4v) is 1.37. The van der Waals surface area contributed by atoms with Crippen molar-refractivity contribution < 1.29 is 5.11 Å². The number of phenols is 1. The molecule has 0 aliphatic carbocycles. The van der Waals surface area contributed by atoms with Gasteiger partial charge in [0.15, 0.2) is 0 Å². The number of rotatable bonds is 5. The summed E-state index contributed by atoms with van der Waals surface area (Å²) in [6, 6.07) is 6.39. The molecule has 1 atom stereocenters. The summed E-state index contributed by atoms with van der Waals surface area (Å²) in [5.41, 5.74) is 0.881. The van der Waals surface area contributed by atoms with Crippen molar-refractivity contribution in [3.05, 3.63) is 34.7 Å². The smallest absolute Gasteiger partial charge is 0.117 e. The van der Waals surface area contributed by atoms with Gasteiger partial charge < -0.3 is 5.11 Å². The van der Waals surface area contributed by atoms with E-state index in [0.717, 1.165) is 24.8 Å². The predicted octanol–water partition coefficient (Wildman–Crippen LogP) is 3.39. The second kappa shape index (κ2) is 5.37. The maximum absolute atomic E-state index is 10.6. The molecule has 0 fully saturated rings. The van der Waals surface area contributed by atoms with Crippen LogP contribution in [0.4, 0.5) is 0 Å². The molecule has 1 N–H and O–H groups in total. The molecule has 1 aromatic rings. The van der Waals surface area contributed by atoms with Crippen LogP contribution in [0.3, 0.4) is 0 Å². The minimum atomic E-state index is -0.268. The monoisotopic (exact) mass is 193 g/mol. The zero-order chi connectivity index (χ0) is 10.4. The third-order valence-corrected chi connectivity index (χ3v) is 2.24. The van der Waals surface area contributed by atoms with E-state index in [1.54, 1.807) is 24.3 Å². The Balaban J connectivity index is 2.68. The summed E-state index contributed by atoms with van der Waals surface area (Å²) in [5.74, 6) is 0.217. The number of hydrogen-bond acceptors (Lipinski definition) is 3. The average Bonchev–Trinajstić information content (AvgIpc) is 2.21. The number of phenolic OH excluding ortho intramolecular Hbond substituents is 1. The molecule has 0 saturated heterocycles. The molecule has 0 bridgehead atoms. The Labute approximate surface area is 83.7 Å². The quantitative estimate of drug-likeness (QED) is 0.728. The Hall–Kier alpha value is -1.38. The zero-order valence-corrected chi connectivity index (χ0v) is 8.31. The van der Waals surface area contributed by atoms with E-state index in [-0.39, 0.29) is 11.8 Å². The van der Waals surface area contributed by atoms with E-state index in [4.69, 9.17) is 5.11 Å². The molecule has 0 aliphatic heterocycles. The van der Waals surface area contributed by atoms with Crippen molar-refractivity contribution in [2.75, 3.05) is 0 Å². The summed E-state index contributed by atoms with van der Waals surface area (Å²) < 4.78 is 0. The number of unbranched alkanes of at least 4 members (excludes halogenated alkanes) is 1. The second-order valence-electron chi connectivity index (χ2n) is 3.35. The molecule has 0 heterocycles. The standard InChI is InChI=1S/C11H15NO2/c1-2-3-4-11(12-14)9-5-7-10(13)8-6-9/h5-8,11,13H,2-4H2,1H3. The molecule has 0 saturated carbocycles. The van der Waals surface area contributed by atoms with Crippen LogP contribution in [0.2, 0.25) is 0 Å². The molecular formula is C11H15NO2. The Bertz CT molecular complexity index is 282. The predicted molar refractivity (Wildman–Crippen MR) is 56.2 cm³/mol. The van der Waals surface area contributed by atoms with Crippen LogP contribution in [0.25, 0.3) is 0 Å². The highest BCUT2D eigenvalue weighted by molar-refractivity contribution is 5.28. The van der Waals surface area contributed by atoms with E-state index in [9.17, 15) is 4.91 Å². The van der Waals surface area contributed by atoms with Crippen molar-refractivity contribution in [2.24, 2.45) is 5.18 Å². The van der Waals surface area contributed by atoms with Gasteiger partial charge in [-0.1, -0.05) is 37.1 Å². The van der Waals surface area contributed by atoms with E-state index in [0.29, 0.717) is 0 Å². The zero-order valence-electron chi connectivity index (χ0n) is 8.31. The fraction of sp³-hybridized carbons (Fsp3) is 0.455. The molecule has 0 amide bonds. The van der Waals surface area contributed by atoms with E-state index < -0.39 is 0 Å².